The standard InChI is InChI=1S/C33H36F3N5O4.C20H22BF3N2O3.C19H26ClN3O3/c1-21-7-9-26(39-30(42)23-11-12-37-28(18-23)33(34,35)36)20-27(21)24-17-25(38-29(19-24)41-13-15-44-16-14-41)10-8-22(2)40(6)31(43)45-32(3,4)5;1-12-6-7-14(11-15(12)21-28-18(2,3)19(4,5)29-21)26-17(27)13-8-9-25-16(10-13)20(22,23)24;1-14(22(5)18(24)26-19(2,3)4)6-7-16-12-15(20)13-17(21-16)23-8-10-25-11-9-23/h7,9,11-12,17-20,22H,13-16H2,1-6H3,(H,39,42);6-11H,1-5H3,(H,26,27);12-14H,8-11H2,1-5H3. The minimum absolute atomic E-state index is 0.134. The van der Waals surface area contributed by atoms with Crippen LogP contribution in [-0.2, 0) is 40.6 Å². The van der Waals surface area contributed by atoms with Crippen molar-refractivity contribution < 1.29 is 73.8 Å². The number of benzene rings is 2. The fourth-order valence-corrected chi connectivity index (χ4v) is 9.74. The van der Waals surface area contributed by atoms with Crippen LogP contribution in [0.4, 0.5) is 58.9 Å². The normalized spacial score (nSPS) is 15.7. The van der Waals surface area contributed by atoms with E-state index in [4.69, 9.17) is 44.8 Å². The van der Waals surface area contributed by atoms with Crippen molar-refractivity contribution >= 4 is 71.2 Å². The molecule has 3 saturated heterocycles. The first-order valence-electron chi connectivity index (χ1n) is 32.1. The van der Waals surface area contributed by atoms with E-state index in [9.17, 15) is 45.5 Å². The molecular formula is C72H84BClF6N10O10. The summed E-state index contributed by atoms with van der Waals surface area (Å²) in [6.45, 7) is 31.4. The number of hydrogen-bond acceptors (Lipinski definition) is 16. The van der Waals surface area contributed by atoms with Gasteiger partial charge in [0.25, 0.3) is 11.8 Å². The number of amides is 4. The molecule has 6 aromatic rings. The van der Waals surface area contributed by atoms with Crippen molar-refractivity contribution in [2.24, 2.45) is 0 Å². The maximum absolute atomic E-state index is 13.1. The van der Waals surface area contributed by atoms with E-state index in [0.717, 1.165) is 65.1 Å². The smallest absolute Gasteiger partial charge is 0.444 e. The first kappa shape index (κ1) is 78.4. The second-order valence-corrected chi connectivity index (χ2v) is 27.3. The Morgan fingerprint density at radius 3 is 1.43 bits per heavy atom. The van der Waals surface area contributed by atoms with Gasteiger partial charge in [0.15, 0.2) is 0 Å². The largest absolute Gasteiger partial charge is 0.495 e. The van der Waals surface area contributed by atoms with Crippen molar-refractivity contribution in [2.75, 3.05) is 87.1 Å². The van der Waals surface area contributed by atoms with E-state index in [0.29, 0.717) is 79.2 Å². The Labute approximate surface area is 585 Å². The van der Waals surface area contributed by atoms with Crippen LogP contribution in [0.1, 0.15) is 138 Å². The minimum Gasteiger partial charge on any atom is -0.444 e. The molecule has 7 heterocycles. The van der Waals surface area contributed by atoms with Crippen molar-refractivity contribution in [2.45, 2.75) is 144 Å². The highest BCUT2D eigenvalue weighted by molar-refractivity contribution is 6.62. The lowest BCUT2D eigenvalue weighted by atomic mass is 9.76. The average Bonchev–Trinajstić information content (AvgIpc) is 1.59. The Balaban J connectivity index is 0.000000222. The molecular weight excluding hydrogens is 1330 g/mol. The molecule has 3 aliphatic rings. The van der Waals surface area contributed by atoms with Gasteiger partial charge in [-0.15, -0.1) is 0 Å². The van der Waals surface area contributed by atoms with Gasteiger partial charge in [0, 0.05) is 80.2 Å². The van der Waals surface area contributed by atoms with Crippen molar-refractivity contribution in [1.82, 2.24) is 29.7 Å². The summed E-state index contributed by atoms with van der Waals surface area (Å²) in [5, 5.41) is 5.90. The van der Waals surface area contributed by atoms with E-state index in [1.807, 2.05) is 93.5 Å². The van der Waals surface area contributed by atoms with Crippen LogP contribution >= 0.6 is 11.6 Å². The first-order valence-corrected chi connectivity index (χ1v) is 32.5. The molecule has 3 aliphatic heterocycles. The van der Waals surface area contributed by atoms with Crippen LogP contribution in [0.25, 0.3) is 11.1 Å². The molecule has 20 nitrogen and oxygen atoms in total. The van der Waals surface area contributed by atoms with E-state index in [2.05, 4.69) is 59.1 Å². The Hall–Kier alpha value is -8.99. The van der Waals surface area contributed by atoms with Crippen molar-refractivity contribution in [1.29, 1.82) is 0 Å². The molecule has 28 heteroatoms. The van der Waals surface area contributed by atoms with Gasteiger partial charge >= 0.3 is 31.7 Å². The SMILES string of the molecule is CC(C#Cc1cc(Cl)cc(N2CCOCC2)n1)N(C)C(=O)OC(C)(C)C.Cc1ccc(NC(=O)c2ccnc(C(F)(F)F)c2)cc1-c1cc(C#CC(C)N(C)C(=O)OC(C)(C)C)nc(N2CCOCC2)c1.Cc1ccc(NC(=O)c2ccnc(C(F)(F)F)c2)cc1B1OC(C)(C)C(C)(C)O1. The van der Waals surface area contributed by atoms with Crippen LogP contribution in [0.5, 0.6) is 0 Å². The summed E-state index contributed by atoms with van der Waals surface area (Å²) in [7, 11) is 2.67. The molecule has 4 amide bonds. The van der Waals surface area contributed by atoms with Gasteiger partial charge in [-0.05, 0) is 204 Å². The molecule has 2 aromatic carbocycles. The predicted octanol–water partition coefficient (Wildman–Crippen LogP) is 13.3. The third kappa shape index (κ3) is 22.3. The number of nitrogens with one attached hydrogen (secondary N) is 2. The molecule has 9 rings (SSSR count). The predicted molar refractivity (Wildman–Crippen MR) is 372 cm³/mol. The van der Waals surface area contributed by atoms with Crippen LogP contribution < -0.4 is 25.9 Å². The number of aromatic nitrogens is 4. The lowest BCUT2D eigenvalue weighted by molar-refractivity contribution is -0.142. The van der Waals surface area contributed by atoms with Crippen LogP contribution in [-0.4, -0.2) is 162 Å². The van der Waals surface area contributed by atoms with E-state index in [1.165, 1.54) is 21.9 Å². The molecule has 4 aromatic heterocycles. The summed E-state index contributed by atoms with van der Waals surface area (Å²) >= 11 is 6.22. The number of alkyl halides is 6. The Bertz CT molecular complexity index is 4040. The van der Waals surface area contributed by atoms with Crippen molar-refractivity contribution in [3.8, 4) is 34.8 Å². The van der Waals surface area contributed by atoms with Gasteiger partial charge in [-0.25, -0.2) is 19.6 Å². The number of aryl methyl sites for hydroxylation is 2. The molecule has 0 bridgehead atoms. The van der Waals surface area contributed by atoms with E-state index >= 15 is 0 Å². The molecule has 534 valence electrons. The fraction of sp³-hybridized carbons (Fsp3) is 0.444. The lowest BCUT2D eigenvalue weighted by Gasteiger charge is -2.32. The summed E-state index contributed by atoms with van der Waals surface area (Å²) in [6, 6.07) is 20.8. The number of rotatable bonds is 10. The molecule has 0 spiro atoms. The van der Waals surface area contributed by atoms with Crippen LogP contribution in [0.2, 0.25) is 5.02 Å². The monoisotopic (exact) mass is 1410 g/mol. The lowest BCUT2D eigenvalue weighted by Crippen LogP contribution is -2.41. The number of carbonyl (C=O) groups is 4. The van der Waals surface area contributed by atoms with Crippen molar-refractivity contribution in [3.05, 3.63) is 147 Å². The van der Waals surface area contributed by atoms with Crippen LogP contribution in [0.15, 0.2) is 97.3 Å². The van der Waals surface area contributed by atoms with E-state index < -0.39 is 83.3 Å². The second-order valence-electron chi connectivity index (χ2n) is 26.9. The molecule has 0 saturated carbocycles. The maximum Gasteiger partial charge on any atom is 0.495 e. The maximum atomic E-state index is 13.1. The zero-order valence-electron chi connectivity index (χ0n) is 58.9. The molecule has 3 fully saturated rings. The molecule has 2 unspecified atom stereocenters. The van der Waals surface area contributed by atoms with Gasteiger partial charge in [0.05, 0.1) is 49.7 Å². The van der Waals surface area contributed by atoms with Gasteiger partial charge < -0.3 is 48.7 Å². The first-order chi connectivity index (χ1) is 46.6. The molecule has 0 radical (unpaired) electrons. The molecule has 100 heavy (non-hydrogen) atoms. The third-order valence-electron chi connectivity index (χ3n) is 16.1. The zero-order valence-corrected chi connectivity index (χ0v) is 59.7. The Morgan fingerprint density at radius 1 is 0.590 bits per heavy atom. The van der Waals surface area contributed by atoms with Gasteiger partial charge in [0.2, 0.25) is 0 Å². The quantitative estimate of drug-likeness (QED) is 0.0741. The fourth-order valence-electron chi connectivity index (χ4n) is 9.54. The minimum atomic E-state index is -4.67. The Kier molecular flexibility index (Phi) is 25.5. The third-order valence-corrected chi connectivity index (χ3v) is 16.3. The number of hydrogen-bond donors (Lipinski definition) is 2. The number of morpholine rings is 2. The number of halogens is 7. The van der Waals surface area contributed by atoms with Crippen molar-refractivity contribution in [3.63, 3.8) is 0 Å². The average molecular weight is 1410 g/mol. The highest BCUT2D eigenvalue weighted by Gasteiger charge is 2.52. The van der Waals surface area contributed by atoms with Crippen LogP contribution in [0.3, 0.4) is 0 Å². The van der Waals surface area contributed by atoms with Gasteiger partial charge in [-0.2, -0.15) is 26.3 Å². The molecule has 0 aliphatic carbocycles. The number of pyridine rings is 4. The second kappa shape index (κ2) is 32.6. The topological polar surface area (TPSA) is 212 Å². The van der Waals surface area contributed by atoms with Gasteiger partial charge in [-0.1, -0.05) is 41.1 Å². The highest BCUT2D eigenvalue weighted by Crippen LogP contribution is 2.38. The van der Waals surface area contributed by atoms with E-state index in [-0.39, 0.29) is 17.2 Å². The number of ether oxygens (including phenoxy) is 4. The number of anilines is 4. The Morgan fingerprint density at radius 2 is 1.00 bits per heavy atom. The summed E-state index contributed by atoms with van der Waals surface area (Å²) in [5.41, 5.74) is 1.19. The van der Waals surface area contributed by atoms with Gasteiger partial charge in [-0.3, -0.25) is 29.4 Å². The summed E-state index contributed by atoms with van der Waals surface area (Å²) in [4.78, 5) is 73.0. The summed E-state index contributed by atoms with van der Waals surface area (Å²) in [6.07, 6.45) is -8.27. The number of nitrogens with zero attached hydrogens (tertiary/aromatic N) is 8. The summed E-state index contributed by atoms with van der Waals surface area (Å²) in [5.74, 6) is 12.4. The molecule has 2 N–H and O–H groups in total. The highest BCUT2D eigenvalue weighted by atomic mass is 35.5. The molecule has 2 atom stereocenters. The van der Waals surface area contributed by atoms with Crippen LogP contribution in [0, 0.1) is 37.5 Å². The summed E-state index contributed by atoms with van der Waals surface area (Å²) < 4.78 is 112. The van der Waals surface area contributed by atoms with E-state index in [1.54, 1.807) is 78.2 Å². The number of carbonyl (C=O) groups excluding carboxylic acids is 4. The zero-order chi connectivity index (χ0) is 73.9. The van der Waals surface area contributed by atoms with Gasteiger partial charge in [0.1, 0.15) is 45.6 Å².